The zero-order valence-corrected chi connectivity index (χ0v) is 13.6. The lowest BCUT2D eigenvalue weighted by Crippen LogP contribution is -2.11. The Morgan fingerprint density at radius 3 is 3.00 bits per heavy atom. The fourth-order valence-electron chi connectivity index (χ4n) is 2.73. The first-order chi connectivity index (χ1) is 10.6. The number of amides is 1. The van der Waals surface area contributed by atoms with E-state index in [1.54, 1.807) is 0 Å². The third-order valence-corrected chi connectivity index (χ3v) is 5.78. The molecular formula is C15H14N4OS2. The van der Waals surface area contributed by atoms with Crippen LogP contribution in [0.3, 0.4) is 0 Å². The average Bonchev–Trinajstić information content (AvgIpc) is 3.17. The fourth-order valence-corrected chi connectivity index (χ4v) is 4.41. The second-order valence-corrected chi connectivity index (χ2v) is 7.25. The standard InChI is InChI=1S/C15H14N4OS2/c1-7-6-21-15(17-7)19-13(20)12-11(16)9-5-8-3-2-4-10(8)18-14(9)22-12/h5-6H,2-4,16H2,1H3,(H,17,19,20). The first kappa shape index (κ1) is 13.7. The molecule has 1 amide bonds. The third kappa shape index (κ3) is 2.17. The van der Waals surface area contributed by atoms with Crippen molar-refractivity contribution in [3.8, 4) is 0 Å². The first-order valence-corrected chi connectivity index (χ1v) is 8.75. The SMILES string of the molecule is Cc1csc(NC(=O)c2sc3nc4c(cc3c2N)CCC4)n1. The third-order valence-electron chi connectivity index (χ3n) is 3.80. The Labute approximate surface area is 135 Å². The van der Waals surface area contributed by atoms with Gasteiger partial charge in [-0.15, -0.1) is 22.7 Å². The van der Waals surface area contributed by atoms with Crippen molar-refractivity contribution in [2.45, 2.75) is 26.2 Å². The van der Waals surface area contributed by atoms with E-state index in [4.69, 9.17) is 5.73 Å². The number of aromatic nitrogens is 2. The Kier molecular flexibility index (Phi) is 3.12. The van der Waals surface area contributed by atoms with Gasteiger partial charge in [-0.2, -0.15) is 0 Å². The van der Waals surface area contributed by atoms with Crippen LogP contribution in [0.5, 0.6) is 0 Å². The molecule has 0 saturated heterocycles. The van der Waals surface area contributed by atoms with E-state index in [9.17, 15) is 4.79 Å². The lowest BCUT2D eigenvalue weighted by Gasteiger charge is -2.00. The summed E-state index contributed by atoms with van der Waals surface area (Å²) in [6, 6.07) is 2.10. The van der Waals surface area contributed by atoms with Crippen molar-refractivity contribution >= 4 is 49.6 Å². The van der Waals surface area contributed by atoms with E-state index in [1.165, 1.54) is 28.2 Å². The number of aryl methyl sites for hydroxylation is 3. The van der Waals surface area contributed by atoms with Gasteiger partial charge in [0.2, 0.25) is 0 Å². The number of hydrogen-bond acceptors (Lipinski definition) is 6. The van der Waals surface area contributed by atoms with E-state index < -0.39 is 0 Å². The Morgan fingerprint density at radius 2 is 2.23 bits per heavy atom. The zero-order valence-electron chi connectivity index (χ0n) is 12.0. The molecule has 0 bridgehead atoms. The number of rotatable bonds is 2. The molecule has 0 aliphatic heterocycles. The molecule has 0 atom stereocenters. The van der Waals surface area contributed by atoms with Crippen LogP contribution in [0.4, 0.5) is 10.8 Å². The van der Waals surface area contributed by atoms with Gasteiger partial charge in [0.05, 0.1) is 11.4 Å². The van der Waals surface area contributed by atoms with Crippen molar-refractivity contribution in [2.24, 2.45) is 0 Å². The monoisotopic (exact) mass is 330 g/mol. The number of thiazole rings is 1. The molecule has 7 heteroatoms. The number of nitrogens with zero attached hydrogens (tertiary/aromatic N) is 2. The summed E-state index contributed by atoms with van der Waals surface area (Å²) in [4.78, 5) is 22.7. The lowest BCUT2D eigenvalue weighted by molar-refractivity contribution is 0.103. The summed E-state index contributed by atoms with van der Waals surface area (Å²) in [6.07, 6.45) is 3.22. The molecule has 3 heterocycles. The van der Waals surface area contributed by atoms with E-state index in [0.29, 0.717) is 15.7 Å². The summed E-state index contributed by atoms with van der Waals surface area (Å²) in [6.45, 7) is 1.89. The topological polar surface area (TPSA) is 80.9 Å². The quantitative estimate of drug-likeness (QED) is 0.755. The highest BCUT2D eigenvalue weighted by Crippen LogP contribution is 2.36. The molecule has 0 unspecified atom stereocenters. The number of nitrogens with one attached hydrogen (secondary N) is 1. The average molecular weight is 330 g/mol. The number of thiophene rings is 1. The maximum Gasteiger partial charge on any atom is 0.269 e. The maximum absolute atomic E-state index is 12.4. The summed E-state index contributed by atoms with van der Waals surface area (Å²) in [5.74, 6) is -0.213. The molecule has 0 saturated carbocycles. The number of carbonyl (C=O) groups excluding carboxylic acids is 1. The minimum Gasteiger partial charge on any atom is -0.397 e. The molecule has 0 aromatic carbocycles. The van der Waals surface area contributed by atoms with Crippen molar-refractivity contribution in [1.29, 1.82) is 0 Å². The van der Waals surface area contributed by atoms with Crippen molar-refractivity contribution in [1.82, 2.24) is 9.97 Å². The van der Waals surface area contributed by atoms with Crippen molar-refractivity contribution in [2.75, 3.05) is 11.1 Å². The zero-order chi connectivity index (χ0) is 15.3. The van der Waals surface area contributed by atoms with Crippen LogP contribution in [0, 0.1) is 6.92 Å². The molecule has 3 N–H and O–H groups in total. The highest BCUT2D eigenvalue weighted by Gasteiger charge is 2.21. The second-order valence-electron chi connectivity index (χ2n) is 5.39. The smallest absolute Gasteiger partial charge is 0.269 e. The molecule has 0 spiro atoms. The van der Waals surface area contributed by atoms with Gasteiger partial charge in [-0.1, -0.05) is 0 Å². The molecule has 1 aliphatic rings. The molecule has 3 aromatic heterocycles. The minimum absolute atomic E-state index is 0.213. The number of fused-ring (bicyclic) bond motifs is 2. The van der Waals surface area contributed by atoms with Gasteiger partial charge in [-0.05, 0) is 37.8 Å². The van der Waals surface area contributed by atoms with E-state index in [1.807, 2.05) is 12.3 Å². The number of nitrogens with two attached hydrogens (primary N) is 1. The van der Waals surface area contributed by atoms with E-state index >= 15 is 0 Å². The van der Waals surface area contributed by atoms with E-state index in [0.717, 1.165) is 40.9 Å². The van der Waals surface area contributed by atoms with Crippen LogP contribution in [0.1, 0.15) is 33.0 Å². The Hall–Kier alpha value is -1.99. The first-order valence-electron chi connectivity index (χ1n) is 7.06. The molecule has 5 nitrogen and oxygen atoms in total. The number of pyridine rings is 1. The van der Waals surface area contributed by atoms with E-state index in [-0.39, 0.29) is 5.91 Å². The fraction of sp³-hybridized carbons (Fsp3) is 0.267. The van der Waals surface area contributed by atoms with Crippen molar-refractivity contribution < 1.29 is 4.79 Å². The Bertz CT molecular complexity index is 896. The van der Waals surface area contributed by atoms with Gasteiger partial charge in [-0.25, -0.2) is 9.97 Å². The van der Waals surface area contributed by atoms with Gasteiger partial charge in [0.25, 0.3) is 5.91 Å². The van der Waals surface area contributed by atoms with Gasteiger partial charge < -0.3 is 5.73 Å². The number of nitrogen functional groups attached to an aromatic ring is 1. The van der Waals surface area contributed by atoms with Gasteiger partial charge in [-0.3, -0.25) is 10.1 Å². The van der Waals surface area contributed by atoms with Crippen LogP contribution in [-0.4, -0.2) is 15.9 Å². The summed E-state index contributed by atoms with van der Waals surface area (Å²) in [5.41, 5.74) is 10.0. The van der Waals surface area contributed by atoms with Crippen molar-refractivity contribution in [3.05, 3.63) is 33.3 Å². The molecule has 4 rings (SSSR count). The van der Waals surface area contributed by atoms with Crippen LogP contribution < -0.4 is 11.1 Å². The lowest BCUT2D eigenvalue weighted by atomic mass is 10.1. The molecule has 1 aliphatic carbocycles. The largest absolute Gasteiger partial charge is 0.397 e. The van der Waals surface area contributed by atoms with Crippen LogP contribution in [0.25, 0.3) is 10.2 Å². The minimum atomic E-state index is -0.213. The predicted octanol–water partition coefficient (Wildman–Crippen LogP) is 3.38. The summed E-state index contributed by atoms with van der Waals surface area (Å²) < 4.78 is 0. The molecule has 0 fully saturated rings. The molecule has 3 aromatic rings. The normalized spacial score (nSPS) is 13.5. The number of carbonyl (C=O) groups is 1. The van der Waals surface area contributed by atoms with Crippen LogP contribution in [0.15, 0.2) is 11.4 Å². The predicted molar refractivity (Wildman–Crippen MR) is 90.9 cm³/mol. The van der Waals surface area contributed by atoms with Crippen LogP contribution >= 0.6 is 22.7 Å². The molecule has 22 heavy (non-hydrogen) atoms. The van der Waals surface area contributed by atoms with Gasteiger partial charge in [0.1, 0.15) is 9.71 Å². The molecule has 0 radical (unpaired) electrons. The van der Waals surface area contributed by atoms with Gasteiger partial charge in [0.15, 0.2) is 5.13 Å². The number of hydrogen-bond donors (Lipinski definition) is 2. The Balaban J connectivity index is 1.72. The molecule has 112 valence electrons. The van der Waals surface area contributed by atoms with Gasteiger partial charge >= 0.3 is 0 Å². The van der Waals surface area contributed by atoms with Gasteiger partial charge in [0, 0.05) is 16.5 Å². The molecular weight excluding hydrogens is 316 g/mol. The maximum atomic E-state index is 12.4. The summed E-state index contributed by atoms with van der Waals surface area (Å²) in [5, 5.41) is 6.19. The van der Waals surface area contributed by atoms with Crippen LogP contribution in [-0.2, 0) is 12.8 Å². The van der Waals surface area contributed by atoms with Crippen LogP contribution in [0.2, 0.25) is 0 Å². The van der Waals surface area contributed by atoms with Crippen molar-refractivity contribution in [3.63, 3.8) is 0 Å². The number of anilines is 2. The summed E-state index contributed by atoms with van der Waals surface area (Å²) in [7, 11) is 0. The van der Waals surface area contributed by atoms with E-state index in [2.05, 4.69) is 21.4 Å². The Morgan fingerprint density at radius 1 is 1.36 bits per heavy atom. The summed E-state index contributed by atoms with van der Waals surface area (Å²) >= 11 is 2.76. The highest BCUT2D eigenvalue weighted by atomic mass is 32.1. The second kappa shape index (κ2) is 5.03. The highest BCUT2D eigenvalue weighted by molar-refractivity contribution is 7.21.